The Hall–Kier alpha value is -1.28. The molecule has 0 aromatic carbocycles. The van der Waals surface area contributed by atoms with Crippen LogP contribution in [-0.4, -0.2) is 43.2 Å². The highest BCUT2D eigenvalue weighted by Crippen LogP contribution is 2.29. The normalized spacial score (nSPS) is 18.3. The van der Waals surface area contributed by atoms with Crippen molar-refractivity contribution >= 4 is 28.6 Å². The van der Waals surface area contributed by atoms with E-state index in [0.29, 0.717) is 19.8 Å². The standard InChI is InChI=1S/C15H19N3O2S2/c1-10-18-13(9-21-10)14-3-2-11(22-14)4-5-17-15(19)12-8-20-7-6-16-12/h2-3,9,12,16H,4-8H2,1H3,(H,17,19)/t12-/m0/s1. The van der Waals surface area contributed by atoms with Crippen molar-refractivity contribution in [2.45, 2.75) is 19.4 Å². The third-order valence-electron chi connectivity index (χ3n) is 3.44. The van der Waals surface area contributed by atoms with Gasteiger partial charge in [0, 0.05) is 23.3 Å². The lowest BCUT2D eigenvalue weighted by atomic mass is 10.2. The van der Waals surface area contributed by atoms with Crippen LogP contribution in [0.2, 0.25) is 0 Å². The number of rotatable bonds is 5. The monoisotopic (exact) mass is 337 g/mol. The molecule has 0 unspecified atom stereocenters. The Kier molecular flexibility index (Phi) is 5.20. The number of nitrogens with one attached hydrogen (secondary N) is 2. The van der Waals surface area contributed by atoms with Gasteiger partial charge in [-0.3, -0.25) is 4.79 Å². The SMILES string of the molecule is Cc1nc(-c2ccc(CCNC(=O)[C@@H]3COCCN3)s2)cs1. The van der Waals surface area contributed by atoms with Crippen molar-refractivity contribution in [1.29, 1.82) is 0 Å². The van der Waals surface area contributed by atoms with Crippen LogP contribution in [0.1, 0.15) is 9.88 Å². The Morgan fingerprint density at radius 1 is 1.55 bits per heavy atom. The van der Waals surface area contributed by atoms with Gasteiger partial charge in [-0.2, -0.15) is 0 Å². The number of aryl methyl sites for hydroxylation is 1. The highest BCUT2D eigenvalue weighted by Gasteiger charge is 2.20. The number of nitrogens with zero attached hydrogens (tertiary/aromatic N) is 1. The fraction of sp³-hybridized carbons (Fsp3) is 0.467. The molecule has 1 fully saturated rings. The molecule has 1 saturated heterocycles. The maximum Gasteiger partial charge on any atom is 0.239 e. The molecule has 2 aromatic heterocycles. The zero-order valence-corrected chi connectivity index (χ0v) is 14.1. The summed E-state index contributed by atoms with van der Waals surface area (Å²) in [6, 6.07) is 4.00. The molecule has 0 bridgehead atoms. The van der Waals surface area contributed by atoms with E-state index in [2.05, 4.69) is 33.1 Å². The number of thiazole rings is 1. The van der Waals surface area contributed by atoms with Crippen molar-refractivity contribution in [2.24, 2.45) is 0 Å². The molecule has 22 heavy (non-hydrogen) atoms. The minimum absolute atomic E-state index is 0.0200. The molecule has 3 heterocycles. The molecule has 2 N–H and O–H groups in total. The number of thiophene rings is 1. The Morgan fingerprint density at radius 2 is 2.45 bits per heavy atom. The van der Waals surface area contributed by atoms with Crippen molar-refractivity contribution in [3.8, 4) is 10.6 Å². The zero-order valence-electron chi connectivity index (χ0n) is 12.4. The first-order valence-electron chi connectivity index (χ1n) is 7.32. The van der Waals surface area contributed by atoms with Crippen LogP contribution < -0.4 is 10.6 Å². The molecule has 0 spiro atoms. The van der Waals surface area contributed by atoms with Crippen molar-refractivity contribution in [3.05, 3.63) is 27.4 Å². The van der Waals surface area contributed by atoms with E-state index >= 15 is 0 Å². The summed E-state index contributed by atoms with van der Waals surface area (Å²) >= 11 is 3.40. The van der Waals surface area contributed by atoms with Crippen LogP contribution in [0.5, 0.6) is 0 Å². The quantitative estimate of drug-likeness (QED) is 0.874. The van der Waals surface area contributed by atoms with Gasteiger partial charge in [-0.25, -0.2) is 4.98 Å². The van der Waals surface area contributed by atoms with Gasteiger partial charge in [0.1, 0.15) is 6.04 Å². The molecular formula is C15H19N3O2S2. The van der Waals surface area contributed by atoms with Gasteiger partial charge in [0.05, 0.1) is 28.8 Å². The van der Waals surface area contributed by atoms with Crippen LogP contribution in [0.15, 0.2) is 17.5 Å². The highest BCUT2D eigenvalue weighted by atomic mass is 32.1. The summed E-state index contributed by atoms with van der Waals surface area (Å²) in [4.78, 5) is 18.9. The minimum atomic E-state index is -0.217. The minimum Gasteiger partial charge on any atom is -0.378 e. The zero-order chi connectivity index (χ0) is 15.4. The number of carbonyl (C=O) groups is 1. The average molecular weight is 337 g/mol. The van der Waals surface area contributed by atoms with Crippen LogP contribution in [0.4, 0.5) is 0 Å². The first-order chi connectivity index (χ1) is 10.7. The summed E-state index contributed by atoms with van der Waals surface area (Å²) in [6.45, 7) is 4.53. The summed E-state index contributed by atoms with van der Waals surface area (Å²) < 4.78 is 5.29. The van der Waals surface area contributed by atoms with Gasteiger partial charge < -0.3 is 15.4 Å². The number of ether oxygens (including phenoxy) is 1. The maximum absolute atomic E-state index is 12.0. The van der Waals surface area contributed by atoms with Gasteiger partial charge in [0.2, 0.25) is 5.91 Å². The Balaban J connectivity index is 1.47. The fourth-order valence-electron chi connectivity index (χ4n) is 2.29. The largest absolute Gasteiger partial charge is 0.378 e. The van der Waals surface area contributed by atoms with Gasteiger partial charge in [0.15, 0.2) is 0 Å². The van der Waals surface area contributed by atoms with Crippen LogP contribution in [-0.2, 0) is 16.0 Å². The smallest absolute Gasteiger partial charge is 0.239 e. The summed E-state index contributed by atoms with van der Waals surface area (Å²) in [5.41, 5.74) is 1.05. The van der Waals surface area contributed by atoms with E-state index < -0.39 is 0 Å². The Labute approximate surface area is 137 Å². The first-order valence-corrected chi connectivity index (χ1v) is 9.02. The first kappa shape index (κ1) is 15.6. The van der Waals surface area contributed by atoms with Crippen LogP contribution in [0.3, 0.4) is 0 Å². The highest BCUT2D eigenvalue weighted by molar-refractivity contribution is 7.16. The van der Waals surface area contributed by atoms with Crippen molar-refractivity contribution < 1.29 is 9.53 Å². The van der Waals surface area contributed by atoms with E-state index in [4.69, 9.17) is 4.74 Å². The molecular weight excluding hydrogens is 318 g/mol. The number of amides is 1. The van der Waals surface area contributed by atoms with E-state index in [1.807, 2.05) is 6.92 Å². The number of carbonyl (C=O) groups excluding carboxylic acids is 1. The number of hydrogen-bond acceptors (Lipinski definition) is 6. The van der Waals surface area contributed by atoms with Gasteiger partial charge >= 0.3 is 0 Å². The molecule has 0 aliphatic carbocycles. The molecule has 0 radical (unpaired) electrons. The Morgan fingerprint density at radius 3 is 3.18 bits per heavy atom. The summed E-state index contributed by atoms with van der Waals surface area (Å²) in [5.74, 6) is 0.0200. The molecule has 7 heteroatoms. The third-order valence-corrected chi connectivity index (χ3v) is 5.38. The second-order valence-corrected chi connectivity index (χ2v) is 7.37. The second-order valence-electron chi connectivity index (χ2n) is 5.14. The number of morpholine rings is 1. The van der Waals surface area contributed by atoms with Gasteiger partial charge in [0.25, 0.3) is 0 Å². The molecule has 118 valence electrons. The van der Waals surface area contributed by atoms with Crippen LogP contribution in [0, 0.1) is 6.92 Å². The molecule has 1 amide bonds. The third kappa shape index (κ3) is 3.92. The number of hydrogen-bond donors (Lipinski definition) is 2. The van der Waals surface area contributed by atoms with Gasteiger partial charge in [-0.15, -0.1) is 22.7 Å². The summed E-state index contributed by atoms with van der Waals surface area (Å²) in [6.07, 6.45) is 0.840. The van der Waals surface area contributed by atoms with Crippen LogP contribution >= 0.6 is 22.7 Å². The maximum atomic E-state index is 12.0. The lowest BCUT2D eigenvalue weighted by molar-refractivity contribution is -0.125. The van der Waals surface area contributed by atoms with Crippen molar-refractivity contribution in [1.82, 2.24) is 15.6 Å². The molecule has 3 rings (SSSR count). The second kappa shape index (κ2) is 7.32. The van der Waals surface area contributed by atoms with Crippen molar-refractivity contribution in [2.75, 3.05) is 26.3 Å². The fourth-order valence-corrected chi connectivity index (χ4v) is 3.95. The van der Waals surface area contributed by atoms with E-state index in [-0.39, 0.29) is 11.9 Å². The molecule has 2 aromatic rings. The van der Waals surface area contributed by atoms with E-state index in [0.717, 1.165) is 23.7 Å². The summed E-state index contributed by atoms with van der Waals surface area (Å²) in [5, 5.41) is 9.29. The molecule has 1 atom stereocenters. The number of aromatic nitrogens is 1. The molecule has 5 nitrogen and oxygen atoms in total. The predicted octanol–water partition coefficient (Wildman–Crippen LogP) is 1.83. The average Bonchev–Trinajstić information content (AvgIpc) is 3.17. The Bertz CT molecular complexity index is 632. The van der Waals surface area contributed by atoms with E-state index in [9.17, 15) is 4.79 Å². The van der Waals surface area contributed by atoms with Crippen LogP contribution in [0.25, 0.3) is 10.6 Å². The molecule has 0 saturated carbocycles. The molecule has 1 aliphatic rings. The van der Waals surface area contributed by atoms with Crippen molar-refractivity contribution in [3.63, 3.8) is 0 Å². The topological polar surface area (TPSA) is 63.2 Å². The van der Waals surface area contributed by atoms with Gasteiger partial charge in [-0.05, 0) is 25.5 Å². The lowest BCUT2D eigenvalue weighted by Crippen LogP contribution is -2.51. The van der Waals surface area contributed by atoms with E-state index in [1.54, 1.807) is 22.7 Å². The lowest BCUT2D eigenvalue weighted by Gasteiger charge is -2.22. The summed E-state index contributed by atoms with van der Waals surface area (Å²) in [7, 11) is 0. The molecule has 1 aliphatic heterocycles. The van der Waals surface area contributed by atoms with E-state index in [1.165, 1.54) is 9.75 Å². The predicted molar refractivity (Wildman–Crippen MR) is 89.5 cm³/mol. The van der Waals surface area contributed by atoms with Gasteiger partial charge in [-0.1, -0.05) is 0 Å².